The monoisotopic (exact) mass is 353 g/mol. The van der Waals surface area contributed by atoms with Gasteiger partial charge in [0.2, 0.25) is 0 Å². The minimum atomic E-state index is 0.958. The number of hydrogen-bond acceptors (Lipinski definition) is 2. The van der Waals surface area contributed by atoms with Crippen LogP contribution in [0.4, 0.5) is 5.69 Å². The average molecular weight is 353 g/mol. The first-order valence-corrected chi connectivity index (χ1v) is 9.66. The first kappa shape index (κ1) is 16.6. The molecule has 0 heterocycles. The highest BCUT2D eigenvalue weighted by Crippen LogP contribution is 2.28. The highest BCUT2D eigenvalue weighted by Gasteiger charge is 2.02. The van der Waals surface area contributed by atoms with E-state index in [9.17, 15) is 0 Å². The molecule has 0 saturated heterocycles. The number of rotatable bonds is 5. The predicted octanol–water partition coefficient (Wildman–Crippen LogP) is 6.88. The third kappa shape index (κ3) is 3.87. The molecule has 2 heteroatoms. The maximum absolute atomic E-state index is 4.78. The van der Waals surface area contributed by atoms with Gasteiger partial charge in [-0.05, 0) is 23.1 Å². The Hall–Kier alpha value is -2.84. The fraction of sp³-hybridized carbons (Fsp3) is 0.0417. The van der Waals surface area contributed by atoms with Crippen molar-refractivity contribution in [2.75, 3.05) is 0 Å². The van der Waals surface area contributed by atoms with Gasteiger partial charge in [0.25, 0.3) is 0 Å². The van der Waals surface area contributed by atoms with Crippen LogP contribution in [0.25, 0.3) is 10.8 Å². The summed E-state index contributed by atoms with van der Waals surface area (Å²) in [6, 6.07) is 33.6. The highest BCUT2D eigenvalue weighted by molar-refractivity contribution is 7.98. The van der Waals surface area contributed by atoms with Gasteiger partial charge >= 0.3 is 0 Å². The standard InChI is InChI=1S/C24H19NS/c1-2-9-19(10-3-1)18-26-24-16-7-5-12-21(24)17-25-23-15-8-13-20-11-4-6-14-22(20)23/h1-17H,18H2. The van der Waals surface area contributed by atoms with Crippen molar-refractivity contribution in [1.82, 2.24) is 0 Å². The lowest BCUT2D eigenvalue weighted by atomic mass is 10.1. The lowest BCUT2D eigenvalue weighted by Gasteiger charge is -2.06. The van der Waals surface area contributed by atoms with E-state index in [1.807, 2.05) is 18.0 Å². The normalized spacial score (nSPS) is 11.2. The van der Waals surface area contributed by atoms with E-state index in [0.717, 1.165) is 17.0 Å². The van der Waals surface area contributed by atoms with Crippen LogP contribution in [0, 0.1) is 0 Å². The summed E-state index contributed by atoms with van der Waals surface area (Å²) in [4.78, 5) is 6.03. The Morgan fingerprint density at radius 3 is 2.35 bits per heavy atom. The second-order valence-electron chi connectivity index (χ2n) is 6.07. The molecule has 0 atom stereocenters. The van der Waals surface area contributed by atoms with Gasteiger partial charge in [-0.25, -0.2) is 0 Å². The van der Waals surface area contributed by atoms with Crippen molar-refractivity contribution in [2.24, 2.45) is 4.99 Å². The fourth-order valence-electron chi connectivity index (χ4n) is 2.91. The summed E-state index contributed by atoms with van der Waals surface area (Å²) in [5.41, 5.74) is 3.49. The quantitative estimate of drug-likeness (QED) is 0.281. The minimum Gasteiger partial charge on any atom is -0.256 e. The molecule has 0 saturated carbocycles. The van der Waals surface area contributed by atoms with Crippen LogP contribution in [0.15, 0.2) is 107 Å². The summed E-state index contributed by atoms with van der Waals surface area (Å²) in [7, 11) is 0. The topological polar surface area (TPSA) is 12.4 Å². The highest BCUT2D eigenvalue weighted by atomic mass is 32.2. The van der Waals surface area contributed by atoms with Crippen molar-refractivity contribution in [3.63, 3.8) is 0 Å². The zero-order valence-corrected chi connectivity index (χ0v) is 15.2. The summed E-state index contributed by atoms with van der Waals surface area (Å²) in [5.74, 6) is 0.958. The van der Waals surface area contributed by atoms with Crippen molar-refractivity contribution in [3.8, 4) is 0 Å². The van der Waals surface area contributed by atoms with Gasteiger partial charge in [0.1, 0.15) is 0 Å². The third-order valence-electron chi connectivity index (χ3n) is 4.27. The Morgan fingerprint density at radius 2 is 1.42 bits per heavy atom. The smallest absolute Gasteiger partial charge is 0.0708 e. The molecule has 4 aromatic carbocycles. The second-order valence-corrected chi connectivity index (χ2v) is 7.09. The van der Waals surface area contributed by atoms with E-state index < -0.39 is 0 Å². The molecule has 0 fully saturated rings. The number of nitrogens with zero attached hydrogens (tertiary/aromatic N) is 1. The molecule has 0 bridgehead atoms. The molecule has 0 spiro atoms. The molecule has 0 amide bonds. The van der Waals surface area contributed by atoms with Gasteiger partial charge in [0, 0.05) is 27.8 Å². The Balaban J connectivity index is 1.59. The third-order valence-corrected chi connectivity index (χ3v) is 5.43. The molecular weight excluding hydrogens is 334 g/mol. The number of benzene rings is 4. The first-order chi connectivity index (χ1) is 12.9. The Kier molecular flexibility index (Phi) is 5.13. The summed E-state index contributed by atoms with van der Waals surface area (Å²) in [6.07, 6.45) is 1.98. The van der Waals surface area contributed by atoms with Gasteiger partial charge in [0.15, 0.2) is 0 Å². The first-order valence-electron chi connectivity index (χ1n) is 8.68. The Bertz CT molecular complexity index is 1030. The van der Waals surface area contributed by atoms with Crippen molar-refractivity contribution < 1.29 is 0 Å². The lowest BCUT2D eigenvalue weighted by molar-refractivity contribution is 1.37. The summed E-state index contributed by atoms with van der Waals surface area (Å²) in [5, 5.41) is 2.40. The van der Waals surface area contributed by atoms with E-state index in [-0.39, 0.29) is 0 Å². The van der Waals surface area contributed by atoms with E-state index in [0.29, 0.717) is 0 Å². The fourth-order valence-corrected chi connectivity index (χ4v) is 3.89. The molecule has 0 unspecified atom stereocenters. The molecule has 0 aromatic heterocycles. The second kappa shape index (κ2) is 8.03. The largest absolute Gasteiger partial charge is 0.256 e. The van der Waals surface area contributed by atoms with Crippen LogP contribution < -0.4 is 0 Å². The zero-order valence-electron chi connectivity index (χ0n) is 14.4. The van der Waals surface area contributed by atoms with Gasteiger partial charge in [-0.2, -0.15) is 0 Å². The van der Waals surface area contributed by atoms with Gasteiger partial charge in [0.05, 0.1) is 5.69 Å². The molecule has 26 heavy (non-hydrogen) atoms. The van der Waals surface area contributed by atoms with Crippen molar-refractivity contribution in [1.29, 1.82) is 0 Å². The number of fused-ring (bicyclic) bond motifs is 1. The van der Waals surface area contributed by atoms with Crippen LogP contribution in [0.3, 0.4) is 0 Å². The molecule has 0 aliphatic heterocycles. The molecule has 1 nitrogen and oxygen atoms in total. The maximum Gasteiger partial charge on any atom is 0.0708 e. The van der Waals surface area contributed by atoms with E-state index in [2.05, 4.69) is 97.1 Å². The number of hydrogen-bond donors (Lipinski definition) is 0. The van der Waals surface area contributed by atoms with Crippen LogP contribution in [-0.2, 0) is 5.75 Å². The molecule has 4 rings (SSSR count). The van der Waals surface area contributed by atoms with E-state index in [4.69, 9.17) is 4.99 Å². The van der Waals surface area contributed by atoms with E-state index in [1.165, 1.54) is 21.2 Å². The number of aliphatic imine (C=N–C) groups is 1. The van der Waals surface area contributed by atoms with E-state index in [1.54, 1.807) is 0 Å². The number of thioether (sulfide) groups is 1. The van der Waals surface area contributed by atoms with Crippen LogP contribution >= 0.6 is 11.8 Å². The molecule has 0 radical (unpaired) electrons. The van der Waals surface area contributed by atoms with Gasteiger partial charge in [-0.15, -0.1) is 11.8 Å². The predicted molar refractivity (Wildman–Crippen MR) is 114 cm³/mol. The molecule has 126 valence electrons. The van der Waals surface area contributed by atoms with Crippen molar-refractivity contribution in [3.05, 3.63) is 108 Å². The van der Waals surface area contributed by atoms with Crippen LogP contribution in [0.5, 0.6) is 0 Å². The van der Waals surface area contributed by atoms with Crippen LogP contribution in [0.2, 0.25) is 0 Å². The lowest BCUT2D eigenvalue weighted by Crippen LogP contribution is -1.87. The van der Waals surface area contributed by atoms with E-state index >= 15 is 0 Å². The van der Waals surface area contributed by atoms with Crippen LogP contribution in [0.1, 0.15) is 11.1 Å². The summed E-state index contributed by atoms with van der Waals surface area (Å²) >= 11 is 1.85. The molecule has 0 aliphatic rings. The Labute approximate surface area is 158 Å². The summed E-state index contributed by atoms with van der Waals surface area (Å²) < 4.78 is 0. The van der Waals surface area contributed by atoms with Crippen molar-refractivity contribution >= 4 is 34.4 Å². The molecule has 4 aromatic rings. The SMILES string of the molecule is C(=Nc1cccc2ccccc12)c1ccccc1SCc1ccccc1. The van der Waals surface area contributed by atoms with Gasteiger partial charge in [-0.1, -0.05) is 84.9 Å². The van der Waals surface area contributed by atoms with Crippen molar-refractivity contribution in [2.45, 2.75) is 10.6 Å². The van der Waals surface area contributed by atoms with Gasteiger partial charge < -0.3 is 0 Å². The molecule has 0 aliphatic carbocycles. The Morgan fingerprint density at radius 1 is 0.692 bits per heavy atom. The maximum atomic E-state index is 4.78. The molecule has 0 N–H and O–H groups in total. The zero-order chi connectivity index (χ0) is 17.6. The molecular formula is C24H19NS. The minimum absolute atomic E-state index is 0.958. The van der Waals surface area contributed by atoms with Crippen LogP contribution in [-0.4, -0.2) is 6.21 Å². The van der Waals surface area contributed by atoms with Gasteiger partial charge in [-0.3, -0.25) is 4.99 Å². The average Bonchev–Trinajstić information content (AvgIpc) is 2.72. The summed E-state index contributed by atoms with van der Waals surface area (Å²) in [6.45, 7) is 0.